The van der Waals surface area contributed by atoms with Crippen molar-refractivity contribution in [3.05, 3.63) is 65.2 Å². The van der Waals surface area contributed by atoms with Crippen LogP contribution in [0, 0.1) is 11.8 Å². The quantitative estimate of drug-likeness (QED) is 0.886. The fourth-order valence-electron chi connectivity index (χ4n) is 1.53. The van der Waals surface area contributed by atoms with Gasteiger partial charge in [0.2, 0.25) is 10.0 Å². The highest BCUT2D eigenvalue weighted by atomic mass is 35.5. The molecule has 0 aliphatic heterocycles. The summed E-state index contributed by atoms with van der Waals surface area (Å²) in [5.41, 5.74) is 0.747. The van der Waals surface area contributed by atoms with Crippen molar-refractivity contribution in [3.8, 4) is 11.8 Å². The summed E-state index contributed by atoms with van der Waals surface area (Å²) in [5.74, 6) is 5.60. The average Bonchev–Trinajstić information content (AvgIpc) is 2.45. The molecule has 0 fully saturated rings. The van der Waals surface area contributed by atoms with E-state index >= 15 is 0 Å². The highest BCUT2D eigenvalue weighted by Crippen LogP contribution is 2.09. The van der Waals surface area contributed by atoms with Crippen molar-refractivity contribution >= 4 is 21.6 Å². The maximum Gasteiger partial charge on any atom is 0.241 e. The van der Waals surface area contributed by atoms with E-state index in [1.54, 1.807) is 36.4 Å². The van der Waals surface area contributed by atoms with E-state index < -0.39 is 10.0 Å². The Balaban J connectivity index is 2.00. The molecule has 1 N–H and O–H groups in total. The van der Waals surface area contributed by atoms with Crippen LogP contribution >= 0.6 is 11.6 Å². The van der Waals surface area contributed by atoms with Crippen molar-refractivity contribution in [1.29, 1.82) is 0 Å². The molecule has 0 aliphatic carbocycles. The number of hydrogen-bond donors (Lipinski definition) is 1. The highest BCUT2D eigenvalue weighted by Gasteiger charge is 2.10. The molecule has 0 atom stereocenters. The lowest BCUT2D eigenvalue weighted by Gasteiger charge is -2.02. The Morgan fingerprint density at radius 2 is 1.80 bits per heavy atom. The van der Waals surface area contributed by atoms with Gasteiger partial charge in [0.1, 0.15) is 0 Å². The molecule has 102 valence electrons. The molecule has 20 heavy (non-hydrogen) atoms. The maximum atomic E-state index is 11.9. The molecule has 0 radical (unpaired) electrons. The molecule has 0 aliphatic rings. The highest BCUT2D eigenvalue weighted by molar-refractivity contribution is 7.89. The summed E-state index contributed by atoms with van der Waals surface area (Å²) in [6.07, 6.45) is 0. The molecule has 0 unspecified atom stereocenters. The average molecular weight is 306 g/mol. The summed E-state index contributed by atoms with van der Waals surface area (Å²) >= 11 is 5.83. The SMILES string of the molecule is O=S(=O)(NCC#Cc1cccc(Cl)c1)c1ccccc1. The van der Waals surface area contributed by atoms with Gasteiger partial charge < -0.3 is 0 Å². The third-order valence-corrected chi connectivity index (χ3v) is 4.11. The van der Waals surface area contributed by atoms with Gasteiger partial charge in [0.15, 0.2) is 0 Å². The molecular formula is C15H12ClNO2S. The van der Waals surface area contributed by atoms with Crippen LogP contribution in [0.2, 0.25) is 5.02 Å². The van der Waals surface area contributed by atoms with Gasteiger partial charge in [-0.15, -0.1) is 0 Å². The largest absolute Gasteiger partial charge is 0.241 e. The molecule has 5 heteroatoms. The number of benzene rings is 2. The first-order chi connectivity index (χ1) is 9.58. The minimum absolute atomic E-state index is 0.0454. The lowest BCUT2D eigenvalue weighted by atomic mass is 10.2. The normalized spacial score (nSPS) is 10.7. The molecule has 0 bridgehead atoms. The molecule has 3 nitrogen and oxygen atoms in total. The summed E-state index contributed by atoms with van der Waals surface area (Å²) < 4.78 is 26.2. The van der Waals surface area contributed by atoms with Crippen LogP contribution in [0.5, 0.6) is 0 Å². The minimum Gasteiger partial charge on any atom is -0.207 e. The van der Waals surface area contributed by atoms with Gasteiger partial charge in [-0.1, -0.05) is 47.7 Å². The first kappa shape index (κ1) is 14.6. The zero-order valence-electron chi connectivity index (χ0n) is 10.5. The molecule has 0 amide bonds. The minimum atomic E-state index is -3.50. The van der Waals surface area contributed by atoms with Gasteiger partial charge in [-0.25, -0.2) is 8.42 Å². The van der Waals surface area contributed by atoms with Crippen molar-refractivity contribution in [2.45, 2.75) is 4.90 Å². The van der Waals surface area contributed by atoms with Crippen molar-refractivity contribution < 1.29 is 8.42 Å². The predicted molar refractivity (Wildman–Crippen MR) is 80.0 cm³/mol. The van der Waals surface area contributed by atoms with E-state index in [2.05, 4.69) is 16.6 Å². The fourth-order valence-corrected chi connectivity index (χ4v) is 2.66. The van der Waals surface area contributed by atoms with E-state index in [4.69, 9.17) is 11.6 Å². The molecule has 0 saturated carbocycles. The van der Waals surface area contributed by atoms with E-state index in [1.807, 2.05) is 6.07 Å². The number of hydrogen-bond acceptors (Lipinski definition) is 2. The smallest absolute Gasteiger partial charge is 0.207 e. The van der Waals surface area contributed by atoms with Gasteiger partial charge in [0.25, 0.3) is 0 Å². The first-order valence-corrected chi connectivity index (χ1v) is 7.73. The third-order valence-electron chi connectivity index (χ3n) is 2.46. The number of halogens is 1. The lowest BCUT2D eigenvalue weighted by Crippen LogP contribution is -2.23. The van der Waals surface area contributed by atoms with Gasteiger partial charge >= 0.3 is 0 Å². The van der Waals surface area contributed by atoms with Gasteiger partial charge in [-0.05, 0) is 30.3 Å². The second-order valence-electron chi connectivity index (χ2n) is 3.95. The second kappa shape index (κ2) is 6.58. The molecule has 0 spiro atoms. The van der Waals surface area contributed by atoms with Crippen molar-refractivity contribution in [3.63, 3.8) is 0 Å². The Hall–Kier alpha value is -1.80. The maximum absolute atomic E-state index is 11.9. The van der Waals surface area contributed by atoms with Crippen LogP contribution in [0.3, 0.4) is 0 Å². The van der Waals surface area contributed by atoms with E-state index in [0.717, 1.165) is 5.56 Å². The Kier molecular flexibility index (Phi) is 4.80. The van der Waals surface area contributed by atoms with E-state index in [9.17, 15) is 8.42 Å². The Morgan fingerprint density at radius 3 is 2.50 bits per heavy atom. The molecular weight excluding hydrogens is 294 g/mol. The van der Waals surface area contributed by atoms with Crippen LogP contribution in [0.15, 0.2) is 59.5 Å². The van der Waals surface area contributed by atoms with E-state index in [1.165, 1.54) is 12.1 Å². The Morgan fingerprint density at radius 1 is 1.05 bits per heavy atom. The standard InChI is InChI=1S/C15H12ClNO2S/c16-14-8-4-6-13(12-14)7-5-11-17-20(18,19)15-9-2-1-3-10-15/h1-4,6,8-10,12,17H,11H2. The Labute approximate surface area is 123 Å². The lowest BCUT2D eigenvalue weighted by molar-refractivity contribution is 0.586. The van der Waals surface area contributed by atoms with Crippen LogP contribution < -0.4 is 4.72 Å². The van der Waals surface area contributed by atoms with E-state index in [-0.39, 0.29) is 11.4 Å². The Bertz CT molecular complexity index is 746. The first-order valence-electron chi connectivity index (χ1n) is 5.87. The summed E-state index contributed by atoms with van der Waals surface area (Å²) in [5, 5.41) is 0.599. The molecule has 0 saturated heterocycles. The third kappa shape index (κ3) is 4.10. The molecule has 2 aromatic carbocycles. The zero-order valence-corrected chi connectivity index (χ0v) is 12.1. The molecule has 0 aromatic heterocycles. The fraction of sp³-hybridized carbons (Fsp3) is 0.0667. The van der Waals surface area contributed by atoms with Crippen LogP contribution in [-0.4, -0.2) is 15.0 Å². The monoisotopic (exact) mass is 305 g/mol. The van der Waals surface area contributed by atoms with Gasteiger partial charge in [0, 0.05) is 10.6 Å². The van der Waals surface area contributed by atoms with Crippen molar-refractivity contribution in [2.75, 3.05) is 6.54 Å². The summed E-state index contributed by atoms with van der Waals surface area (Å²) in [6, 6.07) is 15.3. The van der Waals surface area contributed by atoms with Gasteiger partial charge in [-0.2, -0.15) is 4.72 Å². The number of nitrogens with one attached hydrogen (secondary N) is 1. The van der Waals surface area contributed by atoms with Gasteiger partial charge in [0.05, 0.1) is 11.4 Å². The predicted octanol–water partition coefficient (Wildman–Crippen LogP) is 2.67. The van der Waals surface area contributed by atoms with E-state index in [0.29, 0.717) is 5.02 Å². The van der Waals surface area contributed by atoms with Crippen LogP contribution in [0.25, 0.3) is 0 Å². The number of sulfonamides is 1. The summed E-state index contributed by atoms with van der Waals surface area (Å²) in [7, 11) is -3.50. The molecule has 2 rings (SSSR count). The molecule has 0 heterocycles. The van der Waals surface area contributed by atoms with Crippen LogP contribution in [0.4, 0.5) is 0 Å². The summed E-state index contributed by atoms with van der Waals surface area (Å²) in [6.45, 7) is 0.0454. The molecule has 2 aromatic rings. The topological polar surface area (TPSA) is 46.2 Å². The van der Waals surface area contributed by atoms with Crippen LogP contribution in [0.1, 0.15) is 5.56 Å². The van der Waals surface area contributed by atoms with Crippen molar-refractivity contribution in [2.24, 2.45) is 0 Å². The second-order valence-corrected chi connectivity index (χ2v) is 6.15. The van der Waals surface area contributed by atoms with Crippen molar-refractivity contribution in [1.82, 2.24) is 4.72 Å². The summed E-state index contributed by atoms with van der Waals surface area (Å²) in [4.78, 5) is 0.226. The van der Waals surface area contributed by atoms with Gasteiger partial charge in [-0.3, -0.25) is 0 Å². The zero-order chi connectivity index (χ0) is 14.4. The van der Waals surface area contributed by atoms with Crippen LogP contribution in [-0.2, 0) is 10.0 Å². The number of rotatable bonds is 3.